The van der Waals surface area contributed by atoms with Gasteiger partial charge < -0.3 is 10.5 Å². The number of nitrogens with one attached hydrogen (secondary N) is 1. The van der Waals surface area contributed by atoms with Crippen LogP contribution in [0.3, 0.4) is 0 Å². The van der Waals surface area contributed by atoms with Gasteiger partial charge in [-0.15, -0.1) is 5.10 Å². The van der Waals surface area contributed by atoms with Crippen molar-refractivity contribution in [2.45, 2.75) is 13.2 Å². The van der Waals surface area contributed by atoms with Crippen LogP contribution in [-0.2, 0) is 13.2 Å². The van der Waals surface area contributed by atoms with E-state index in [1.54, 1.807) is 0 Å². The number of rotatable bonds is 4. The number of hydrogen-bond donors (Lipinski definition) is 2. The lowest BCUT2D eigenvalue weighted by molar-refractivity contribution is 0.296. The first kappa shape index (κ1) is 11.6. The second-order valence-corrected chi connectivity index (χ2v) is 4.18. The molecule has 0 unspecified atom stereocenters. The lowest BCUT2D eigenvalue weighted by atomic mass is 10.1. The van der Waals surface area contributed by atoms with E-state index in [0.717, 1.165) is 22.1 Å². The minimum Gasteiger partial charge on any atom is -0.486 e. The number of aromatic nitrogens is 4. The summed E-state index contributed by atoms with van der Waals surface area (Å²) in [6.07, 6.45) is 0. The summed E-state index contributed by atoms with van der Waals surface area (Å²) >= 11 is 0. The highest BCUT2D eigenvalue weighted by atomic mass is 16.5. The summed E-state index contributed by atoms with van der Waals surface area (Å²) in [6.45, 7) is 0.867. The predicted octanol–water partition coefficient (Wildman–Crippen LogP) is 1.39. The number of benzene rings is 2. The first-order valence-electron chi connectivity index (χ1n) is 5.93. The van der Waals surface area contributed by atoms with Crippen LogP contribution in [0.15, 0.2) is 36.4 Å². The molecule has 0 aliphatic rings. The van der Waals surface area contributed by atoms with Crippen LogP contribution in [0.1, 0.15) is 11.4 Å². The van der Waals surface area contributed by atoms with E-state index in [4.69, 9.17) is 10.5 Å². The average molecular weight is 255 g/mol. The van der Waals surface area contributed by atoms with Crippen molar-refractivity contribution in [1.82, 2.24) is 20.6 Å². The molecule has 19 heavy (non-hydrogen) atoms. The number of hydrogen-bond acceptors (Lipinski definition) is 5. The lowest BCUT2D eigenvalue weighted by Gasteiger charge is -2.06. The summed E-state index contributed by atoms with van der Waals surface area (Å²) in [7, 11) is 0. The van der Waals surface area contributed by atoms with Gasteiger partial charge >= 0.3 is 0 Å². The number of tetrazole rings is 1. The Balaban J connectivity index is 1.81. The van der Waals surface area contributed by atoms with E-state index >= 15 is 0 Å². The number of fused-ring (bicyclic) bond motifs is 1. The fraction of sp³-hybridized carbons (Fsp3) is 0.154. The SMILES string of the molecule is NCc1ccc2cc(OCc3nnn[nH]3)ccc2c1. The molecule has 1 aromatic heterocycles. The van der Waals surface area contributed by atoms with E-state index in [0.29, 0.717) is 19.0 Å². The Labute approximate surface area is 109 Å². The molecule has 0 atom stereocenters. The number of aromatic amines is 1. The topological polar surface area (TPSA) is 89.7 Å². The molecule has 0 aliphatic heterocycles. The molecule has 0 radical (unpaired) electrons. The van der Waals surface area contributed by atoms with Gasteiger partial charge in [-0.05, 0) is 45.0 Å². The van der Waals surface area contributed by atoms with Crippen molar-refractivity contribution in [1.29, 1.82) is 0 Å². The third-order valence-electron chi connectivity index (χ3n) is 2.88. The summed E-state index contributed by atoms with van der Waals surface area (Å²) in [5.41, 5.74) is 6.75. The highest BCUT2D eigenvalue weighted by Crippen LogP contribution is 2.22. The second-order valence-electron chi connectivity index (χ2n) is 4.18. The molecule has 6 heteroatoms. The van der Waals surface area contributed by atoms with Crippen LogP contribution in [-0.4, -0.2) is 20.6 Å². The normalized spacial score (nSPS) is 10.8. The molecule has 0 bridgehead atoms. The van der Waals surface area contributed by atoms with Crippen molar-refractivity contribution >= 4 is 10.8 Å². The largest absolute Gasteiger partial charge is 0.486 e. The zero-order valence-corrected chi connectivity index (χ0v) is 10.2. The van der Waals surface area contributed by atoms with Crippen LogP contribution in [0, 0.1) is 0 Å². The molecule has 2 aromatic carbocycles. The first-order valence-corrected chi connectivity index (χ1v) is 5.93. The third kappa shape index (κ3) is 2.53. The number of nitrogens with zero attached hydrogens (tertiary/aromatic N) is 3. The maximum Gasteiger partial charge on any atom is 0.186 e. The van der Waals surface area contributed by atoms with Crippen molar-refractivity contribution in [2.24, 2.45) is 5.73 Å². The van der Waals surface area contributed by atoms with E-state index in [-0.39, 0.29) is 0 Å². The van der Waals surface area contributed by atoms with Crippen LogP contribution >= 0.6 is 0 Å². The van der Waals surface area contributed by atoms with Gasteiger partial charge in [0.05, 0.1) is 0 Å². The fourth-order valence-electron chi connectivity index (χ4n) is 1.88. The van der Waals surface area contributed by atoms with Crippen molar-refractivity contribution in [2.75, 3.05) is 0 Å². The summed E-state index contributed by atoms with van der Waals surface area (Å²) < 4.78 is 5.62. The average Bonchev–Trinajstić information content (AvgIpc) is 2.97. The molecule has 0 spiro atoms. The quantitative estimate of drug-likeness (QED) is 0.735. The Morgan fingerprint density at radius 1 is 1.11 bits per heavy atom. The van der Waals surface area contributed by atoms with Gasteiger partial charge in [-0.2, -0.15) is 0 Å². The molecule has 6 nitrogen and oxygen atoms in total. The molecular weight excluding hydrogens is 242 g/mol. The molecule has 1 heterocycles. The summed E-state index contributed by atoms with van der Waals surface area (Å²) in [4.78, 5) is 0. The molecule has 0 amide bonds. The maximum absolute atomic E-state index is 5.63. The van der Waals surface area contributed by atoms with Crippen molar-refractivity contribution in [3.05, 3.63) is 47.8 Å². The van der Waals surface area contributed by atoms with Crippen molar-refractivity contribution in [3.63, 3.8) is 0 Å². The van der Waals surface area contributed by atoms with Crippen molar-refractivity contribution < 1.29 is 4.74 Å². The summed E-state index contributed by atoms with van der Waals surface area (Å²) in [6, 6.07) is 12.1. The van der Waals surface area contributed by atoms with Gasteiger partial charge in [0, 0.05) is 6.54 Å². The molecule has 0 fully saturated rings. The second kappa shape index (κ2) is 5.03. The smallest absolute Gasteiger partial charge is 0.186 e. The van der Waals surface area contributed by atoms with Crippen LogP contribution in [0.5, 0.6) is 5.75 Å². The zero-order valence-electron chi connectivity index (χ0n) is 10.2. The fourth-order valence-corrected chi connectivity index (χ4v) is 1.88. The minimum atomic E-state index is 0.319. The predicted molar refractivity (Wildman–Crippen MR) is 70.3 cm³/mol. The Morgan fingerprint density at radius 3 is 2.74 bits per heavy atom. The third-order valence-corrected chi connectivity index (χ3v) is 2.88. The van der Waals surface area contributed by atoms with Gasteiger partial charge in [-0.25, -0.2) is 5.10 Å². The van der Waals surface area contributed by atoms with Crippen LogP contribution in [0.25, 0.3) is 10.8 Å². The van der Waals surface area contributed by atoms with E-state index in [2.05, 4.69) is 26.7 Å². The van der Waals surface area contributed by atoms with E-state index < -0.39 is 0 Å². The minimum absolute atomic E-state index is 0.319. The van der Waals surface area contributed by atoms with Crippen LogP contribution < -0.4 is 10.5 Å². The Hall–Kier alpha value is -2.47. The molecule has 3 aromatic rings. The number of nitrogens with two attached hydrogens (primary N) is 1. The van der Waals surface area contributed by atoms with Gasteiger partial charge in [0.1, 0.15) is 12.4 Å². The highest BCUT2D eigenvalue weighted by molar-refractivity contribution is 5.84. The van der Waals surface area contributed by atoms with E-state index in [1.165, 1.54) is 0 Å². The van der Waals surface area contributed by atoms with Gasteiger partial charge in [0.25, 0.3) is 0 Å². The highest BCUT2D eigenvalue weighted by Gasteiger charge is 2.01. The molecule has 0 saturated heterocycles. The number of H-pyrrole nitrogens is 1. The molecule has 0 saturated carbocycles. The molecule has 0 aliphatic carbocycles. The standard InChI is InChI=1S/C13H13N5O/c14-7-9-1-2-11-6-12(4-3-10(11)5-9)19-8-13-15-17-18-16-13/h1-6H,7-8,14H2,(H,15,16,17,18). The van der Waals surface area contributed by atoms with E-state index in [1.807, 2.05) is 30.3 Å². The molecule has 96 valence electrons. The molecule has 3 N–H and O–H groups in total. The Bertz CT molecular complexity index is 681. The lowest BCUT2D eigenvalue weighted by Crippen LogP contribution is -1.98. The summed E-state index contributed by atoms with van der Waals surface area (Å²) in [5.74, 6) is 1.38. The van der Waals surface area contributed by atoms with Gasteiger partial charge in [-0.3, -0.25) is 0 Å². The monoisotopic (exact) mass is 255 g/mol. The molecular formula is C13H13N5O. The number of ether oxygens (including phenoxy) is 1. The Morgan fingerprint density at radius 2 is 1.95 bits per heavy atom. The summed E-state index contributed by atoms with van der Waals surface area (Å²) in [5, 5.41) is 15.7. The van der Waals surface area contributed by atoms with Gasteiger partial charge in [0.15, 0.2) is 5.82 Å². The van der Waals surface area contributed by atoms with Crippen LogP contribution in [0.4, 0.5) is 0 Å². The maximum atomic E-state index is 5.63. The van der Waals surface area contributed by atoms with E-state index in [9.17, 15) is 0 Å². The van der Waals surface area contributed by atoms with Crippen LogP contribution in [0.2, 0.25) is 0 Å². The zero-order chi connectivity index (χ0) is 13.1. The molecule has 3 rings (SSSR count). The van der Waals surface area contributed by atoms with Crippen molar-refractivity contribution in [3.8, 4) is 5.75 Å². The van der Waals surface area contributed by atoms with Gasteiger partial charge in [0.2, 0.25) is 0 Å². The Kier molecular flexibility index (Phi) is 3.07. The first-order chi connectivity index (χ1) is 9.35. The van der Waals surface area contributed by atoms with Gasteiger partial charge in [-0.1, -0.05) is 18.2 Å².